The van der Waals surface area contributed by atoms with E-state index in [0.29, 0.717) is 25.1 Å². The van der Waals surface area contributed by atoms with Crippen LogP contribution < -0.4 is 4.74 Å². The maximum Gasteiger partial charge on any atom is 0.523 e. The fourth-order valence-corrected chi connectivity index (χ4v) is 6.09. The molecule has 1 aromatic carbocycles. The predicted molar refractivity (Wildman–Crippen MR) is 91.2 cm³/mol. The Balaban J connectivity index is 1.69. The molecule has 5 atom stereocenters. The number of hydrogen-bond donors (Lipinski definition) is 1. The van der Waals surface area contributed by atoms with Crippen LogP contribution in [0.2, 0.25) is 0 Å². The molecule has 2 bridgehead atoms. The van der Waals surface area contributed by atoms with Gasteiger partial charge in [-0.05, 0) is 38.1 Å². The Morgan fingerprint density at radius 3 is 2.82 bits per heavy atom. The van der Waals surface area contributed by atoms with Crippen molar-refractivity contribution in [2.75, 3.05) is 13.6 Å². The summed E-state index contributed by atoms with van der Waals surface area (Å²) in [5.74, 6) is 0.464. The van der Waals surface area contributed by atoms with Crippen molar-refractivity contribution in [1.29, 1.82) is 0 Å². The maximum atomic E-state index is 12.9. The van der Waals surface area contributed by atoms with Gasteiger partial charge in [0.05, 0.1) is 5.41 Å². The molecule has 4 unspecified atom stereocenters. The van der Waals surface area contributed by atoms with Crippen molar-refractivity contribution < 1.29 is 35.6 Å². The van der Waals surface area contributed by atoms with Gasteiger partial charge < -0.3 is 9.84 Å². The normalized spacial score (nSPS) is 38.8. The lowest BCUT2D eigenvalue weighted by Crippen LogP contribution is -2.75. The second-order valence-electron chi connectivity index (χ2n) is 7.90. The highest BCUT2D eigenvalue weighted by Crippen LogP contribution is 2.62. The van der Waals surface area contributed by atoms with Crippen molar-refractivity contribution in [2.24, 2.45) is 0 Å². The Morgan fingerprint density at radius 1 is 1.36 bits per heavy atom. The summed E-state index contributed by atoms with van der Waals surface area (Å²) >= 11 is 0. The van der Waals surface area contributed by atoms with E-state index in [-0.39, 0.29) is 6.04 Å². The molecule has 0 radical (unpaired) electrons. The molecule has 0 saturated carbocycles. The SMILES string of the molecule is CN1CCC23c4c5cccc4OC2[C@@H](OS(=O)(=O)C(F)(F)F)C=CC3(O)C1C5. The second-order valence-corrected chi connectivity index (χ2v) is 9.46. The molecule has 1 spiro atoms. The molecule has 5 rings (SSSR count). The first kappa shape index (κ1) is 18.4. The van der Waals surface area contributed by atoms with E-state index in [1.54, 1.807) is 12.1 Å². The third-order valence-corrected chi connectivity index (χ3v) is 7.73. The largest absolute Gasteiger partial charge is 0.523 e. The molecular weight excluding hydrogens is 399 g/mol. The molecule has 2 heterocycles. The maximum absolute atomic E-state index is 12.9. The molecule has 2 aliphatic heterocycles. The number of nitrogens with zero attached hydrogens (tertiary/aromatic N) is 1. The lowest BCUT2D eigenvalue weighted by molar-refractivity contribution is -0.149. The van der Waals surface area contributed by atoms with Gasteiger partial charge in [-0.15, -0.1) is 0 Å². The Labute approximate surface area is 159 Å². The van der Waals surface area contributed by atoms with Gasteiger partial charge in [0.1, 0.15) is 23.6 Å². The quantitative estimate of drug-likeness (QED) is 0.446. The minimum absolute atomic E-state index is 0.301. The molecule has 152 valence electrons. The lowest BCUT2D eigenvalue weighted by atomic mass is 9.50. The average Bonchev–Trinajstić information content (AvgIpc) is 2.94. The van der Waals surface area contributed by atoms with E-state index in [0.717, 1.165) is 11.1 Å². The lowest BCUT2D eigenvalue weighted by Gasteiger charge is -2.61. The Morgan fingerprint density at radius 2 is 2.11 bits per heavy atom. The molecule has 6 nitrogen and oxygen atoms in total. The van der Waals surface area contributed by atoms with Crippen molar-refractivity contribution in [2.45, 2.75) is 47.6 Å². The van der Waals surface area contributed by atoms with E-state index in [1.807, 2.05) is 18.0 Å². The summed E-state index contributed by atoms with van der Waals surface area (Å²) in [6.45, 7) is 0.590. The molecule has 1 saturated heterocycles. The molecule has 1 fully saturated rings. The van der Waals surface area contributed by atoms with Gasteiger partial charge in [-0.2, -0.15) is 21.6 Å². The summed E-state index contributed by atoms with van der Waals surface area (Å²) in [5, 5.41) is 11.7. The van der Waals surface area contributed by atoms with Crippen LogP contribution in [0.5, 0.6) is 5.75 Å². The van der Waals surface area contributed by atoms with Crippen molar-refractivity contribution >= 4 is 10.1 Å². The summed E-state index contributed by atoms with van der Waals surface area (Å²) in [6, 6.07) is 5.10. The number of halogens is 3. The molecule has 4 aliphatic rings. The zero-order chi connectivity index (χ0) is 20.1. The van der Waals surface area contributed by atoms with E-state index >= 15 is 0 Å². The first-order chi connectivity index (χ1) is 13.0. The van der Waals surface area contributed by atoms with Crippen LogP contribution in [0.3, 0.4) is 0 Å². The van der Waals surface area contributed by atoms with Crippen molar-refractivity contribution in [1.82, 2.24) is 4.90 Å². The Hall–Kier alpha value is -1.62. The zero-order valence-corrected chi connectivity index (χ0v) is 15.6. The first-order valence-corrected chi connectivity index (χ1v) is 10.3. The van der Waals surface area contributed by atoms with Gasteiger partial charge in [0.15, 0.2) is 0 Å². The minimum atomic E-state index is -5.82. The van der Waals surface area contributed by atoms with Gasteiger partial charge in [-0.25, -0.2) is 0 Å². The number of hydrogen-bond acceptors (Lipinski definition) is 6. The molecule has 0 aromatic heterocycles. The van der Waals surface area contributed by atoms with E-state index < -0.39 is 38.9 Å². The zero-order valence-electron chi connectivity index (χ0n) is 14.8. The Bertz CT molecular complexity index is 993. The third-order valence-electron chi connectivity index (χ3n) is 6.68. The summed E-state index contributed by atoms with van der Waals surface area (Å²) in [6.07, 6.45) is 0.998. The van der Waals surface area contributed by atoms with Gasteiger partial charge in [-0.1, -0.05) is 24.3 Å². The number of likely N-dealkylation sites (tertiary alicyclic amines) is 1. The fourth-order valence-electron chi connectivity index (χ4n) is 5.52. The molecule has 2 aliphatic carbocycles. The number of ether oxygens (including phenoxy) is 1. The van der Waals surface area contributed by atoms with Crippen LogP contribution in [-0.2, 0) is 26.1 Å². The van der Waals surface area contributed by atoms with E-state index in [9.17, 15) is 26.7 Å². The Kier molecular flexibility index (Phi) is 3.48. The monoisotopic (exact) mass is 417 g/mol. The van der Waals surface area contributed by atoms with Crippen molar-refractivity contribution in [3.05, 3.63) is 41.5 Å². The van der Waals surface area contributed by atoms with E-state index in [1.165, 1.54) is 12.2 Å². The number of alkyl halides is 3. The average molecular weight is 417 g/mol. The molecule has 10 heteroatoms. The summed E-state index contributed by atoms with van der Waals surface area (Å²) in [4.78, 5) is 2.02. The summed E-state index contributed by atoms with van der Waals surface area (Å²) < 4.78 is 72.5. The number of benzene rings is 1. The van der Waals surface area contributed by atoms with Crippen LogP contribution in [0.25, 0.3) is 0 Å². The van der Waals surface area contributed by atoms with Crippen LogP contribution in [0.4, 0.5) is 13.2 Å². The summed E-state index contributed by atoms with van der Waals surface area (Å²) in [7, 11) is -3.93. The molecule has 0 amide bonds. The summed E-state index contributed by atoms with van der Waals surface area (Å²) in [5.41, 5.74) is -6.28. The number of piperidine rings is 1. The second kappa shape index (κ2) is 5.29. The van der Waals surface area contributed by atoms with Gasteiger partial charge in [0, 0.05) is 11.6 Å². The fraction of sp³-hybridized carbons (Fsp3) is 0.556. The first-order valence-electron chi connectivity index (χ1n) is 8.92. The molecule has 28 heavy (non-hydrogen) atoms. The van der Waals surface area contributed by atoms with E-state index in [2.05, 4.69) is 4.18 Å². The van der Waals surface area contributed by atoms with Gasteiger partial charge in [0.2, 0.25) is 0 Å². The number of rotatable bonds is 2. The van der Waals surface area contributed by atoms with Crippen LogP contribution in [-0.4, -0.2) is 61.4 Å². The van der Waals surface area contributed by atoms with Crippen LogP contribution in [0, 0.1) is 0 Å². The van der Waals surface area contributed by atoms with Crippen LogP contribution in [0.1, 0.15) is 17.5 Å². The standard InChI is InChI=1S/C18H18F3NO5S/c1-22-8-7-16-14-10-3-2-4-11(14)26-15(16)12(27-28(24,25)18(19,20)21)5-6-17(16,23)13(22)9-10/h2-6,12-13,15,23H,7-9H2,1H3/t12-,13?,15?,16?,17?/m0/s1. The van der Waals surface area contributed by atoms with Crippen molar-refractivity contribution in [3.8, 4) is 5.75 Å². The van der Waals surface area contributed by atoms with Gasteiger partial charge in [-0.3, -0.25) is 9.08 Å². The molecule has 1 N–H and O–H groups in total. The molecular formula is C18H18F3NO5S. The predicted octanol–water partition coefficient (Wildman–Crippen LogP) is 1.48. The van der Waals surface area contributed by atoms with Gasteiger partial charge in [0.25, 0.3) is 0 Å². The molecule has 1 aromatic rings. The highest BCUT2D eigenvalue weighted by Gasteiger charge is 2.72. The van der Waals surface area contributed by atoms with Crippen molar-refractivity contribution in [3.63, 3.8) is 0 Å². The van der Waals surface area contributed by atoms with Crippen LogP contribution >= 0.6 is 0 Å². The van der Waals surface area contributed by atoms with Crippen LogP contribution in [0.15, 0.2) is 30.4 Å². The highest BCUT2D eigenvalue weighted by molar-refractivity contribution is 7.87. The minimum Gasteiger partial charge on any atom is -0.486 e. The number of aliphatic hydroxyl groups is 1. The highest BCUT2D eigenvalue weighted by atomic mass is 32.2. The third kappa shape index (κ3) is 2.01. The topological polar surface area (TPSA) is 76.1 Å². The van der Waals surface area contributed by atoms with Gasteiger partial charge >= 0.3 is 15.6 Å². The smallest absolute Gasteiger partial charge is 0.486 e. The number of likely N-dealkylation sites (N-methyl/N-ethyl adjacent to an activating group) is 1. The van der Waals surface area contributed by atoms with E-state index in [4.69, 9.17) is 4.74 Å².